The average molecular weight is 308 g/mol. The molecule has 0 atom stereocenters. The molecule has 62 valence electrons. The summed E-state index contributed by atoms with van der Waals surface area (Å²) in [6.45, 7) is 0. The zero-order valence-electron chi connectivity index (χ0n) is 6.48. The van der Waals surface area contributed by atoms with Crippen LogP contribution in [0, 0.1) is 3.57 Å². The van der Waals surface area contributed by atoms with Gasteiger partial charge in [0, 0.05) is 0 Å². The summed E-state index contributed by atoms with van der Waals surface area (Å²) in [5.74, 6) is 0. The number of hydrogen-bond donors (Lipinski definition) is 0. The molecule has 0 saturated carbocycles. The molecule has 2 aromatic rings. The van der Waals surface area contributed by atoms with E-state index in [1.165, 1.54) is 3.57 Å². The molecule has 0 fully saturated rings. The van der Waals surface area contributed by atoms with E-state index in [0.717, 1.165) is 0 Å². The maximum atomic E-state index is 2.28. The first-order chi connectivity index (χ1) is 5.39. The molecule has 0 N–H and O–H groups in total. The normalized spacial score (nSPS) is 7.75. The molecular formula is C10H9CrI. The van der Waals surface area contributed by atoms with E-state index in [4.69, 9.17) is 0 Å². The summed E-state index contributed by atoms with van der Waals surface area (Å²) in [4.78, 5) is 0. The molecule has 0 aliphatic carbocycles. The Balaban J connectivity index is 0.000000189. The number of halogens is 1. The summed E-state index contributed by atoms with van der Waals surface area (Å²) in [6.07, 6.45) is 0. The zero-order chi connectivity index (χ0) is 7.94. The Morgan fingerprint density at radius 2 is 1.42 bits per heavy atom. The van der Waals surface area contributed by atoms with Crippen LogP contribution in [0.3, 0.4) is 0 Å². The van der Waals surface area contributed by atoms with Gasteiger partial charge in [0.15, 0.2) is 0 Å². The fourth-order valence-electron chi connectivity index (χ4n) is 0.671. The van der Waals surface area contributed by atoms with Gasteiger partial charge < -0.3 is 0 Å². The van der Waals surface area contributed by atoms with Crippen molar-refractivity contribution < 1.29 is 17.4 Å². The van der Waals surface area contributed by atoms with Crippen LogP contribution in [-0.2, 0) is 17.4 Å². The molecule has 2 aromatic carbocycles. The second-order valence-corrected chi connectivity index (χ2v) is 3.31. The molecule has 0 radical (unpaired) electrons. The van der Waals surface area contributed by atoms with Crippen LogP contribution in [0.1, 0.15) is 0 Å². The molecule has 2 heteroatoms. The van der Waals surface area contributed by atoms with Crippen molar-refractivity contribution in [1.82, 2.24) is 0 Å². The van der Waals surface area contributed by atoms with Gasteiger partial charge in [-0.1, -0.05) is 3.57 Å². The first-order valence-electron chi connectivity index (χ1n) is 3.43. The third-order valence-corrected chi connectivity index (χ3v) is 1.90. The van der Waals surface area contributed by atoms with E-state index in [9.17, 15) is 0 Å². The molecular weight excluding hydrogens is 299 g/mol. The second-order valence-electron chi connectivity index (χ2n) is 2.07. The van der Waals surface area contributed by atoms with Crippen LogP contribution in [0.4, 0.5) is 0 Å². The smallest absolute Gasteiger partial charge is 0.214 e. The molecule has 0 saturated heterocycles. The summed E-state index contributed by atoms with van der Waals surface area (Å²) in [5, 5.41) is 0. The van der Waals surface area contributed by atoms with Crippen LogP contribution in [0.15, 0.2) is 54.6 Å². The maximum Gasteiger partial charge on any atom is 2.00 e. The van der Waals surface area contributed by atoms with Gasteiger partial charge in [-0.25, -0.2) is 24.3 Å². The first kappa shape index (κ1) is 12.0. The molecule has 0 aliphatic heterocycles. The first-order valence-corrected chi connectivity index (χ1v) is 4.51. The van der Waals surface area contributed by atoms with Gasteiger partial charge in [-0.05, 0) is 0 Å². The monoisotopic (exact) mass is 308 g/mol. The Bertz CT molecular complexity index is 228. The van der Waals surface area contributed by atoms with Gasteiger partial charge in [-0.15, -0.1) is 22.6 Å². The summed E-state index contributed by atoms with van der Waals surface area (Å²) < 4.78 is 1.31. The molecule has 0 spiro atoms. The predicted molar refractivity (Wildman–Crippen MR) is 56.8 cm³/mol. The van der Waals surface area contributed by atoms with Crippen molar-refractivity contribution in [2.45, 2.75) is 0 Å². The SMILES string of the molecule is I[c-]1cccc1.[Cr+2].c1cc[cH-]c1. The molecule has 12 heavy (non-hydrogen) atoms. The summed E-state index contributed by atoms with van der Waals surface area (Å²) >= 11 is 2.28. The quantitative estimate of drug-likeness (QED) is 0.517. The van der Waals surface area contributed by atoms with Crippen molar-refractivity contribution >= 4 is 22.6 Å². The van der Waals surface area contributed by atoms with Gasteiger partial charge in [0.1, 0.15) is 0 Å². The minimum atomic E-state index is 0. The van der Waals surface area contributed by atoms with Crippen molar-refractivity contribution in [2.24, 2.45) is 0 Å². The third kappa shape index (κ3) is 5.59. The van der Waals surface area contributed by atoms with Crippen molar-refractivity contribution in [3.05, 3.63) is 58.2 Å². The Kier molecular flexibility index (Phi) is 7.58. The molecule has 0 heterocycles. The van der Waals surface area contributed by atoms with E-state index in [-0.39, 0.29) is 17.4 Å². The standard InChI is InChI=1S/C5H4I.C5H5.Cr/c6-5-3-1-2-4-5;1-2-4-5-3-1;/h1-4H;1-5H;/q2*-1;+2. The van der Waals surface area contributed by atoms with Crippen LogP contribution in [-0.4, -0.2) is 0 Å². The maximum absolute atomic E-state index is 2.28. The molecule has 0 aromatic heterocycles. The van der Waals surface area contributed by atoms with Gasteiger partial charge in [0.25, 0.3) is 0 Å². The fraction of sp³-hybridized carbons (Fsp3) is 0. The predicted octanol–water partition coefficient (Wildman–Crippen LogP) is 3.41. The second kappa shape index (κ2) is 7.60. The van der Waals surface area contributed by atoms with Gasteiger partial charge >= 0.3 is 17.4 Å². The molecule has 0 nitrogen and oxygen atoms in total. The zero-order valence-corrected chi connectivity index (χ0v) is 9.91. The molecule has 0 bridgehead atoms. The number of rotatable bonds is 0. The van der Waals surface area contributed by atoms with Crippen molar-refractivity contribution in [3.63, 3.8) is 0 Å². The largest absolute Gasteiger partial charge is 2.00 e. The van der Waals surface area contributed by atoms with Crippen LogP contribution >= 0.6 is 22.6 Å². The van der Waals surface area contributed by atoms with Crippen molar-refractivity contribution in [3.8, 4) is 0 Å². The van der Waals surface area contributed by atoms with E-state index in [2.05, 4.69) is 34.7 Å². The Morgan fingerprint density at radius 3 is 1.58 bits per heavy atom. The third-order valence-electron chi connectivity index (χ3n) is 1.18. The molecule has 0 unspecified atom stereocenters. The van der Waals surface area contributed by atoms with E-state index >= 15 is 0 Å². The molecule has 0 amide bonds. The van der Waals surface area contributed by atoms with Crippen LogP contribution < -0.4 is 0 Å². The van der Waals surface area contributed by atoms with Crippen LogP contribution in [0.5, 0.6) is 0 Å². The van der Waals surface area contributed by atoms with E-state index in [1.807, 2.05) is 42.5 Å². The summed E-state index contributed by atoms with van der Waals surface area (Å²) in [5.41, 5.74) is 0. The fourth-order valence-corrected chi connectivity index (χ4v) is 1.09. The van der Waals surface area contributed by atoms with E-state index in [0.29, 0.717) is 0 Å². The van der Waals surface area contributed by atoms with Gasteiger partial charge in [-0.2, -0.15) is 30.3 Å². The van der Waals surface area contributed by atoms with E-state index in [1.54, 1.807) is 0 Å². The molecule has 0 aliphatic rings. The minimum absolute atomic E-state index is 0. The summed E-state index contributed by atoms with van der Waals surface area (Å²) in [6, 6.07) is 18.2. The molecule has 2 rings (SSSR count). The van der Waals surface area contributed by atoms with Crippen LogP contribution in [0.25, 0.3) is 0 Å². The summed E-state index contributed by atoms with van der Waals surface area (Å²) in [7, 11) is 0. The van der Waals surface area contributed by atoms with Gasteiger partial charge in [0.05, 0.1) is 0 Å². The Labute approximate surface area is 97.6 Å². The minimum Gasteiger partial charge on any atom is -0.214 e. The van der Waals surface area contributed by atoms with Gasteiger partial charge in [-0.3, -0.25) is 0 Å². The van der Waals surface area contributed by atoms with Crippen molar-refractivity contribution in [1.29, 1.82) is 0 Å². The topological polar surface area (TPSA) is 0 Å². The Hall–Kier alpha value is -0.0375. The van der Waals surface area contributed by atoms with E-state index < -0.39 is 0 Å². The van der Waals surface area contributed by atoms with Gasteiger partial charge in [0.2, 0.25) is 0 Å². The number of hydrogen-bond acceptors (Lipinski definition) is 0. The average Bonchev–Trinajstić information content (AvgIpc) is 2.57. The van der Waals surface area contributed by atoms with Crippen LogP contribution in [0.2, 0.25) is 0 Å². The Morgan fingerprint density at radius 1 is 0.917 bits per heavy atom. The van der Waals surface area contributed by atoms with Crippen molar-refractivity contribution in [2.75, 3.05) is 0 Å².